The number of hydrogen-bond donors (Lipinski definition) is 2. The lowest BCUT2D eigenvalue weighted by Gasteiger charge is -2.14. The van der Waals surface area contributed by atoms with Crippen molar-refractivity contribution in [2.75, 3.05) is 14.2 Å². The molecule has 8 heteroatoms. The summed E-state index contributed by atoms with van der Waals surface area (Å²) in [5, 5.41) is 6.42. The van der Waals surface area contributed by atoms with Gasteiger partial charge in [0.25, 0.3) is 0 Å². The molecule has 0 amide bonds. The Bertz CT molecular complexity index is 915. The average molecular weight is 495 g/mol. The van der Waals surface area contributed by atoms with Gasteiger partial charge in [-0.3, -0.25) is 4.99 Å². The first-order chi connectivity index (χ1) is 13.2. The molecule has 28 heavy (non-hydrogen) atoms. The number of imidazole rings is 1. The van der Waals surface area contributed by atoms with Gasteiger partial charge in [0.05, 0.1) is 19.1 Å². The van der Waals surface area contributed by atoms with Crippen LogP contribution in [0.2, 0.25) is 0 Å². The van der Waals surface area contributed by atoms with Gasteiger partial charge in [0.15, 0.2) is 5.96 Å². The maximum absolute atomic E-state index is 14.3. The van der Waals surface area contributed by atoms with Crippen molar-refractivity contribution in [3.8, 4) is 11.4 Å². The Morgan fingerprint density at radius 2 is 1.96 bits per heavy atom. The van der Waals surface area contributed by atoms with Gasteiger partial charge in [-0.1, -0.05) is 24.3 Å². The summed E-state index contributed by atoms with van der Waals surface area (Å²) in [6.07, 6.45) is 4.90. The number of hydrogen-bond acceptors (Lipinski definition) is 3. The van der Waals surface area contributed by atoms with Crippen molar-refractivity contribution in [2.45, 2.75) is 13.1 Å². The lowest BCUT2D eigenvalue weighted by molar-refractivity contribution is 0.409. The minimum absolute atomic E-state index is 0. The monoisotopic (exact) mass is 495 g/mol. The zero-order valence-corrected chi connectivity index (χ0v) is 18.1. The number of guanidine groups is 1. The van der Waals surface area contributed by atoms with Crippen LogP contribution >= 0.6 is 24.0 Å². The summed E-state index contributed by atoms with van der Waals surface area (Å²) in [5.41, 5.74) is 2.31. The first-order valence-electron chi connectivity index (χ1n) is 8.54. The molecule has 148 valence electrons. The first kappa shape index (κ1) is 21.7. The second-order valence-corrected chi connectivity index (χ2v) is 5.85. The van der Waals surface area contributed by atoms with Gasteiger partial charge in [-0.25, -0.2) is 9.37 Å². The molecule has 0 aliphatic carbocycles. The van der Waals surface area contributed by atoms with Crippen LogP contribution < -0.4 is 15.4 Å². The summed E-state index contributed by atoms with van der Waals surface area (Å²) in [5.74, 6) is 1.14. The number of halogens is 2. The minimum atomic E-state index is -0.302. The highest BCUT2D eigenvalue weighted by Crippen LogP contribution is 2.17. The molecule has 0 spiro atoms. The molecule has 0 aliphatic heterocycles. The van der Waals surface area contributed by atoms with Gasteiger partial charge < -0.3 is 19.9 Å². The van der Waals surface area contributed by atoms with Gasteiger partial charge in [-0.15, -0.1) is 24.0 Å². The molecule has 0 atom stereocenters. The quantitative estimate of drug-likeness (QED) is 0.312. The number of para-hydroxylation sites is 1. The first-order valence-corrected chi connectivity index (χ1v) is 8.54. The van der Waals surface area contributed by atoms with Crippen molar-refractivity contribution >= 4 is 29.9 Å². The summed E-state index contributed by atoms with van der Waals surface area (Å²) in [7, 11) is 3.34. The molecule has 2 aromatic carbocycles. The van der Waals surface area contributed by atoms with E-state index in [1.54, 1.807) is 43.5 Å². The van der Waals surface area contributed by atoms with Crippen LogP contribution in [0, 0.1) is 5.82 Å². The molecular formula is C20H23FIN5O. The standard InChI is InChI=1S/C20H22FN5O.HI/c1-22-20(25-13-16-5-3-4-6-19(16)27-2)24-12-15-7-8-18(17(21)11-15)26-10-9-23-14-26;/h3-11,14H,12-13H2,1-2H3,(H2,22,24,25);1H. The van der Waals surface area contributed by atoms with E-state index < -0.39 is 0 Å². The second kappa shape index (κ2) is 10.6. The molecule has 0 saturated carbocycles. The Morgan fingerprint density at radius 3 is 2.64 bits per heavy atom. The summed E-state index contributed by atoms with van der Waals surface area (Å²) in [6.45, 7) is 1.02. The van der Waals surface area contributed by atoms with Gasteiger partial charge in [-0.2, -0.15) is 0 Å². The average Bonchev–Trinajstić information content (AvgIpc) is 3.23. The number of aliphatic imine (C=N–C) groups is 1. The van der Waals surface area contributed by atoms with Gasteiger partial charge in [0.1, 0.15) is 11.6 Å². The van der Waals surface area contributed by atoms with Crippen LogP contribution in [0.5, 0.6) is 5.75 Å². The Kier molecular flexibility index (Phi) is 8.24. The minimum Gasteiger partial charge on any atom is -0.496 e. The smallest absolute Gasteiger partial charge is 0.191 e. The molecule has 3 aromatic rings. The van der Waals surface area contributed by atoms with Crippen LogP contribution in [0.15, 0.2) is 66.2 Å². The maximum atomic E-state index is 14.3. The third-order valence-electron chi connectivity index (χ3n) is 4.12. The third-order valence-corrected chi connectivity index (χ3v) is 4.12. The van der Waals surface area contributed by atoms with Crippen molar-refractivity contribution in [1.82, 2.24) is 20.2 Å². The fourth-order valence-electron chi connectivity index (χ4n) is 2.71. The zero-order valence-electron chi connectivity index (χ0n) is 15.7. The third kappa shape index (κ3) is 5.44. The van der Waals surface area contributed by atoms with Crippen LogP contribution in [0.4, 0.5) is 4.39 Å². The molecule has 0 saturated heterocycles. The number of aromatic nitrogens is 2. The van der Waals surface area contributed by atoms with E-state index in [1.165, 1.54) is 6.07 Å². The number of nitrogens with one attached hydrogen (secondary N) is 2. The molecule has 0 fully saturated rings. The highest BCUT2D eigenvalue weighted by Gasteiger charge is 2.07. The van der Waals surface area contributed by atoms with Gasteiger partial charge in [-0.05, 0) is 23.8 Å². The van der Waals surface area contributed by atoms with Crippen molar-refractivity contribution in [3.05, 3.63) is 78.1 Å². The largest absolute Gasteiger partial charge is 0.496 e. The summed E-state index contributed by atoms with van der Waals surface area (Å²) in [4.78, 5) is 8.14. The van der Waals surface area contributed by atoms with E-state index in [0.717, 1.165) is 16.9 Å². The number of rotatable bonds is 6. The highest BCUT2D eigenvalue weighted by atomic mass is 127. The van der Waals surface area contributed by atoms with Crippen molar-refractivity contribution in [2.24, 2.45) is 4.99 Å². The van der Waals surface area contributed by atoms with E-state index in [1.807, 2.05) is 30.3 Å². The van der Waals surface area contributed by atoms with E-state index in [2.05, 4.69) is 20.6 Å². The topological polar surface area (TPSA) is 63.5 Å². The van der Waals surface area contributed by atoms with Crippen molar-refractivity contribution in [3.63, 3.8) is 0 Å². The van der Waals surface area contributed by atoms with E-state index in [-0.39, 0.29) is 29.8 Å². The Hall–Kier alpha value is -2.62. The van der Waals surface area contributed by atoms with E-state index >= 15 is 0 Å². The molecule has 2 N–H and O–H groups in total. The Labute approximate surface area is 180 Å². The zero-order chi connectivity index (χ0) is 19.1. The summed E-state index contributed by atoms with van der Waals surface area (Å²) in [6, 6.07) is 12.9. The van der Waals surface area contributed by atoms with Gasteiger partial charge in [0, 0.05) is 38.1 Å². The molecule has 1 aromatic heterocycles. The number of ether oxygens (including phenoxy) is 1. The lowest BCUT2D eigenvalue weighted by Crippen LogP contribution is -2.36. The fourth-order valence-corrected chi connectivity index (χ4v) is 2.71. The molecule has 0 radical (unpaired) electrons. The Morgan fingerprint density at radius 1 is 1.18 bits per heavy atom. The summed E-state index contributed by atoms with van der Waals surface area (Å²) < 4.78 is 21.3. The van der Waals surface area contributed by atoms with Crippen LogP contribution in [-0.4, -0.2) is 29.7 Å². The van der Waals surface area contributed by atoms with Gasteiger partial charge >= 0.3 is 0 Å². The predicted octanol–water partition coefficient (Wildman–Crippen LogP) is 3.50. The predicted molar refractivity (Wildman–Crippen MR) is 119 cm³/mol. The van der Waals surface area contributed by atoms with E-state index in [0.29, 0.717) is 24.7 Å². The summed E-state index contributed by atoms with van der Waals surface area (Å²) >= 11 is 0. The molecule has 3 rings (SSSR count). The molecule has 0 unspecified atom stereocenters. The van der Waals surface area contributed by atoms with Crippen LogP contribution in [-0.2, 0) is 13.1 Å². The van der Waals surface area contributed by atoms with Gasteiger partial charge in [0.2, 0.25) is 0 Å². The van der Waals surface area contributed by atoms with Crippen LogP contribution in [0.3, 0.4) is 0 Å². The molecule has 0 aliphatic rings. The second-order valence-electron chi connectivity index (χ2n) is 5.85. The molecule has 0 bridgehead atoms. The van der Waals surface area contributed by atoms with Crippen LogP contribution in [0.1, 0.15) is 11.1 Å². The normalized spacial score (nSPS) is 10.9. The number of methoxy groups -OCH3 is 1. The van der Waals surface area contributed by atoms with Crippen molar-refractivity contribution in [1.29, 1.82) is 0 Å². The van der Waals surface area contributed by atoms with E-state index in [9.17, 15) is 4.39 Å². The molecule has 1 heterocycles. The molecule has 6 nitrogen and oxygen atoms in total. The lowest BCUT2D eigenvalue weighted by atomic mass is 10.2. The fraction of sp³-hybridized carbons (Fsp3) is 0.200. The number of nitrogens with zero attached hydrogens (tertiary/aromatic N) is 3. The SMILES string of the molecule is CN=C(NCc1ccc(-n2ccnc2)c(F)c1)NCc1ccccc1OC.I. The molecular weight excluding hydrogens is 472 g/mol. The highest BCUT2D eigenvalue weighted by molar-refractivity contribution is 14.0. The maximum Gasteiger partial charge on any atom is 0.191 e. The number of benzene rings is 2. The Balaban J connectivity index is 0.00000280. The van der Waals surface area contributed by atoms with Crippen molar-refractivity contribution < 1.29 is 9.13 Å². The van der Waals surface area contributed by atoms with E-state index in [4.69, 9.17) is 4.74 Å². The van der Waals surface area contributed by atoms with Crippen LogP contribution in [0.25, 0.3) is 5.69 Å².